The van der Waals surface area contributed by atoms with Crippen molar-refractivity contribution in [2.24, 2.45) is 0 Å². The van der Waals surface area contributed by atoms with Gasteiger partial charge in [0.15, 0.2) is 0 Å². The van der Waals surface area contributed by atoms with Crippen LogP contribution in [0.5, 0.6) is 5.75 Å². The van der Waals surface area contributed by atoms with Crippen LogP contribution in [0.4, 0.5) is 11.4 Å². The third-order valence-corrected chi connectivity index (χ3v) is 4.80. The number of amides is 2. The topological polar surface area (TPSA) is 129 Å². The molecular formula is C20H11BrN3O6-. The van der Waals surface area contributed by atoms with Gasteiger partial charge in [-0.15, -0.1) is 0 Å². The van der Waals surface area contributed by atoms with E-state index in [-0.39, 0.29) is 28.3 Å². The summed E-state index contributed by atoms with van der Waals surface area (Å²) in [5.74, 6) is -1.41. The molecule has 0 atom stereocenters. The van der Waals surface area contributed by atoms with E-state index in [0.717, 1.165) is 27.7 Å². The molecule has 2 heterocycles. The minimum Gasteiger partial charge on any atom is -0.872 e. The summed E-state index contributed by atoms with van der Waals surface area (Å²) in [4.78, 5) is 35.3. The second-order valence-corrected chi connectivity index (χ2v) is 7.17. The molecule has 1 aromatic heterocycles. The Hall–Kier alpha value is -3.92. The molecule has 1 aliphatic heterocycles. The van der Waals surface area contributed by atoms with Crippen LogP contribution in [0.15, 0.2) is 69.1 Å². The van der Waals surface area contributed by atoms with Crippen molar-refractivity contribution in [3.8, 4) is 17.1 Å². The first kappa shape index (κ1) is 19.4. The Kier molecular flexibility index (Phi) is 4.84. The Labute approximate surface area is 177 Å². The third kappa shape index (κ3) is 3.55. The van der Waals surface area contributed by atoms with Crippen LogP contribution >= 0.6 is 15.9 Å². The highest BCUT2D eigenvalue weighted by molar-refractivity contribution is 9.10. The number of anilines is 1. The molecule has 1 aliphatic rings. The first-order valence-electron chi connectivity index (χ1n) is 8.52. The van der Waals surface area contributed by atoms with Crippen molar-refractivity contribution in [3.63, 3.8) is 0 Å². The Morgan fingerprint density at radius 2 is 1.90 bits per heavy atom. The average Bonchev–Trinajstić information content (AvgIpc) is 3.28. The quantitative estimate of drug-likeness (QED) is 0.271. The van der Waals surface area contributed by atoms with Gasteiger partial charge in [-0.3, -0.25) is 25.1 Å². The molecule has 2 aromatic carbocycles. The van der Waals surface area contributed by atoms with Crippen LogP contribution in [0, 0.1) is 10.1 Å². The number of nitrogens with one attached hydrogen (secondary N) is 1. The van der Waals surface area contributed by atoms with Crippen LogP contribution in [0.2, 0.25) is 0 Å². The van der Waals surface area contributed by atoms with E-state index in [1.807, 2.05) is 0 Å². The lowest BCUT2D eigenvalue weighted by Gasteiger charge is -2.14. The molecule has 30 heavy (non-hydrogen) atoms. The predicted molar refractivity (Wildman–Crippen MR) is 108 cm³/mol. The molecule has 150 valence electrons. The Morgan fingerprint density at radius 1 is 1.10 bits per heavy atom. The van der Waals surface area contributed by atoms with Gasteiger partial charge in [0.2, 0.25) is 0 Å². The van der Waals surface area contributed by atoms with E-state index in [9.17, 15) is 24.8 Å². The van der Waals surface area contributed by atoms with Crippen LogP contribution in [0.3, 0.4) is 0 Å². The van der Waals surface area contributed by atoms with Crippen LogP contribution in [-0.4, -0.2) is 16.7 Å². The van der Waals surface area contributed by atoms with Gasteiger partial charge in [-0.1, -0.05) is 33.8 Å². The van der Waals surface area contributed by atoms with Crippen molar-refractivity contribution in [1.82, 2.24) is 5.43 Å². The summed E-state index contributed by atoms with van der Waals surface area (Å²) >= 11 is 3.31. The molecule has 9 nitrogen and oxygen atoms in total. The van der Waals surface area contributed by atoms with Crippen LogP contribution < -0.4 is 15.5 Å². The van der Waals surface area contributed by atoms with Crippen molar-refractivity contribution in [2.75, 3.05) is 5.01 Å². The molecule has 10 heteroatoms. The number of rotatable bonds is 4. The average molecular weight is 469 g/mol. The molecule has 1 fully saturated rings. The number of nitrogens with zero attached hydrogens (tertiary/aromatic N) is 2. The van der Waals surface area contributed by atoms with Crippen molar-refractivity contribution in [2.45, 2.75) is 0 Å². The minimum absolute atomic E-state index is 0.00631. The minimum atomic E-state index is -0.618. The number of non-ortho nitro benzene ring substituents is 1. The molecule has 1 N–H and O–H groups in total. The Morgan fingerprint density at radius 3 is 2.63 bits per heavy atom. The molecule has 3 aromatic rings. The molecule has 4 rings (SSSR count). The van der Waals surface area contributed by atoms with E-state index >= 15 is 0 Å². The van der Waals surface area contributed by atoms with E-state index in [4.69, 9.17) is 4.42 Å². The number of hydrazine groups is 1. The fourth-order valence-corrected chi connectivity index (χ4v) is 3.28. The lowest BCUT2D eigenvalue weighted by molar-refractivity contribution is -0.385. The smallest absolute Gasteiger partial charge is 0.282 e. The van der Waals surface area contributed by atoms with Crippen molar-refractivity contribution >= 4 is 45.2 Å². The van der Waals surface area contributed by atoms with E-state index in [1.54, 1.807) is 24.3 Å². The molecular weight excluding hydrogens is 458 g/mol. The molecule has 0 radical (unpaired) electrons. The summed E-state index contributed by atoms with van der Waals surface area (Å²) in [5, 5.41) is 24.1. The number of nitro benzene ring substituents is 1. The van der Waals surface area contributed by atoms with Gasteiger partial charge in [-0.2, -0.15) is 0 Å². The summed E-state index contributed by atoms with van der Waals surface area (Å²) in [5.41, 5.74) is 2.54. The van der Waals surface area contributed by atoms with Gasteiger partial charge in [0.1, 0.15) is 17.1 Å². The Bertz CT molecular complexity index is 1230. The summed E-state index contributed by atoms with van der Waals surface area (Å²) < 4.78 is 6.28. The normalized spacial score (nSPS) is 15.0. The van der Waals surface area contributed by atoms with Gasteiger partial charge in [-0.25, -0.2) is 5.01 Å². The lowest BCUT2D eigenvalue weighted by Crippen LogP contribution is -2.35. The maximum atomic E-state index is 12.7. The highest BCUT2D eigenvalue weighted by Gasteiger charge is 2.34. The molecule has 0 bridgehead atoms. The summed E-state index contributed by atoms with van der Waals surface area (Å²) in [7, 11) is 0. The number of nitro groups is 1. The van der Waals surface area contributed by atoms with E-state index < -0.39 is 22.5 Å². The standard InChI is InChI=1S/C20H12BrN3O6/c21-11-2-1-3-12(8-11)23-20(27)16(19(26)22-23)10-14-5-7-18(30-14)15-9-13(24(28)29)4-6-17(15)25/h1-10,25H,(H,22,26)/p-1/b16-10+. The van der Waals surface area contributed by atoms with Gasteiger partial charge in [-0.05, 0) is 36.4 Å². The third-order valence-electron chi connectivity index (χ3n) is 4.31. The van der Waals surface area contributed by atoms with Gasteiger partial charge < -0.3 is 9.52 Å². The fourth-order valence-electron chi connectivity index (χ4n) is 2.90. The lowest BCUT2D eigenvalue weighted by atomic mass is 10.1. The predicted octanol–water partition coefficient (Wildman–Crippen LogP) is 3.15. The first-order valence-corrected chi connectivity index (χ1v) is 9.31. The van der Waals surface area contributed by atoms with Crippen LogP contribution in [0.25, 0.3) is 17.4 Å². The number of carbonyl (C=O) groups excluding carboxylic acids is 2. The summed E-state index contributed by atoms with van der Waals surface area (Å²) in [6.45, 7) is 0. The molecule has 0 aliphatic carbocycles. The maximum Gasteiger partial charge on any atom is 0.282 e. The second kappa shape index (κ2) is 7.48. The SMILES string of the molecule is O=C1NN(c2cccc(Br)c2)C(=O)/C1=C/c1ccc(-c2cc([N+](=O)[O-])ccc2[O-])o1. The number of benzene rings is 2. The number of hydrogen-bond acceptors (Lipinski definition) is 6. The van der Waals surface area contributed by atoms with Gasteiger partial charge >= 0.3 is 0 Å². The number of halogens is 1. The fraction of sp³-hybridized carbons (Fsp3) is 0. The maximum absolute atomic E-state index is 12.7. The Balaban J connectivity index is 1.65. The van der Waals surface area contributed by atoms with Crippen LogP contribution in [0.1, 0.15) is 5.76 Å². The first-order chi connectivity index (χ1) is 14.3. The van der Waals surface area contributed by atoms with Gasteiger partial charge in [0, 0.05) is 22.2 Å². The van der Waals surface area contributed by atoms with Gasteiger partial charge in [0.25, 0.3) is 17.5 Å². The second-order valence-electron chi connectivity index (χ2n) is 6.26. The zero-order valence-electron chi connectivity index (χ0n) is 15.0. The largest absolute Gasteiger partial charge is 0.872 e. The zero-order valence-corrected chi connectivity index (χ0v) is 16.6. The van der Waals surface area contributed by atoms with E-state index in [2.05, 4.69) is 21.4 Å². The van der Waals surface area contributed by atoms with Crippen molar-refractivity contribution in [1.29, 1.82) is 0 Å². The van der Waals surface area contributed by atoms with Gasteiger partial charge in [0.05, 0.1) is 10.6 Å². The molecule has 1 saturated heterocycles. The van der Waals surface area contributed by atoms with Crippen LogP contribution in [-0.2, 0) is 9.59 Å². The molecule has 0 saturated carbocycles. The molecule has 2 amide bonds. The van der Waals surface area contributed by atoms with E-state index in [0.29, 0.717) is 5.69 Å². The number of furan rings is 1. The highest BCUT2D eigenvalue weighted by Crippen LogP contribution is 2.33. The summed E-state index contributed by atoms with van der Waals surface area (Å²) in [6, 6.07) is 13.0. The zero-order chi connectivity index (χ0) is 21.4. The van der Waals surface area contributed by atoms with Crippen molar-refractivity contribution in [3.05, 3.63) is 80.5 Å². The molecule has 0 unspecified atom stereocenters. The molecule has 0 spiro atoms. The summed E-state index contributed by atoms with van der Waals surface area (Å²) in [6.07, 6.45) is 1.25. The highest BCUT2D eigenvalue weighted by atomic mass is 79.9. The van der Waals surface area contributed by atoms with Crippen molar-refractivity contribution < 1.29 is 24.0 Å². The number of carbonyl (C=O) groups is 2. The van der Waals surface area contributed by atoms with E-state index in [1.165, 1.54) is 18.2 Å². The number of hydrogen-bond donors (Lipinski definition) is 1. The monoisotopic (exact) mass is 468 g/mol.